The van der Waals surface area contributed by atoms with Crippen molar-refractivity contribution in [3.05, 3.63) is 48.1 Å². The first-order valence-corrected chi connectivity index (χ1v) is 14.1. The van der Waals surface area contributed by atoms with Gasteiger partial charge in [-0.25, -0.2) is 19.3 Å². The second-order valence-corrected chi connectivity index (χ2v) is 11.1. The summed E-state index contributed by atoms with van der Waals surface area (Å²) in [5.74, 6) is 0.0762. The summed E-state index contributed by atoms with van der Waals surface area (Å²) in [6.07, 6.45) is 7.74. The van der Waals surface area contributed by atoms with Gasteiger partial charge in [-0.2, -0.15) is 10.2 Å². The zero-order valence-corrected chi connectivity index (χ0v) is 23.4. The number of ether oxygens (including phenoxy) is 1. The third-order valence-electron chi connectivity index (χ3n) is 7.70. The standard InChI is InChI=1S/C27H34FN11O3/c1-17-9-39-13-19(6-21(28)25(39)33-17)34-26(41)22-7-32-23(8-31-22)38-11-18(12-38)10-37-14-20(15-37)42-16-24(40)30-5-3-27(2-4-29)35-36-27/h6-9,13,18,20H,2-5,10-12,14-16,29H2,1H3,(H,30,40)(H,34,41). The van der Waals surface area contributed by atoms with Gasteiger partial charge in [0.1, 0.15) is 18.1 Å². The number of fused-ring (bicyclic) bond motifs is 1. The van der Waals surface area contributed by atoms with Crippen molar-refractivity contribution < 1.29 is 18.7 Å². The highest BCUT2D eigenvalue weighted by atomic mass is 19.1. The van der Waals surface area contributed by atoms with Gasteiger partial charge in [-0.1, -0.05) is 0 Å². The van der Waals surface area contributed by atoms with E-state index in [1.54, 1.807) is 25.5 Å². The van der Waals surface area contributed by atoms with Crippen LogP contribution in [0.25, 0.3) is 5.65 Å². The Labute approximate surface area is 241 Å². The van der Waals surface area contributed by atoms with E-state index in [-0.39, 0.29) is 35.6 Å². The fourth-order valence-electron chi connectivity index (χ4n) is 5.33. The van der Waals surface area contributed by atoms with Crippen molar-refractivity contribution in [2.24, 2.45) is 21.9 Å². The minimum absolute atomic E-state index is 0.0526. The maximum absolute atomic E-state index is 14.3. The fraction of sp³-hybridized carbons (Fsp3) is 0.519. The average Bonchev–Trinajstić information content (AvgIpc) is 3.56. The number of anilines is 2. The number of imidazole rings is 1. The summed E-state index contributed by atoms with van der Waals surface area (Å²) in [7, 11) is 0. The molecule has 3 aliphatic rings. The molecule has 2 amide bonds. The number of halogens is 1. The summed E-state index contributed by atoms with van der Waals surface area (Å²) in [5.41, 5.74) is 6.51. The smallest absolute Gasteiger partial charge is 0.275 e. The van der Waals surface area contributed by atoms with Crippen LogP contribution < -0.4 is 21.3 Å². The molecule has 0 aliphatic carbocycles. The van der Waals surface area contributed by atoms with E-state index in [1.807, 2.05) is 0 Å². The van der Waals surface area contributed by atoms with Crippen LogP contribution in [0, 0.1) is 18.7 Å². The Morgan fingerprint density at radius 1 is 1.14 bits per heavy atom. The Morgan fingerprint density at radius 2 is 1.95 bits per heavy atom. The molecule has 0 saturated carbocycles. The van der Waals surface area contributed by atoms with E-state index in [9.17, 15) is 14.0 Å². The molecule has 6 rings (SSSR count). The Bertz CT molecular complexity index is 1480. The van der Waals surface area contributed by atoms with E-state index in [1.165, 1.54) is 16.7 Å². The summed E-state index contributed by atoms with van der Waals surface area (Å²) in [5, 5.41) is 13.6. The number of nitrogens with two attached hydrogens (primary N) is 1. The fourth-order valence-corrected chi connectivity index (χ4v) is 5.33. The van der Waals surface area contributed by atoms with Crippen LogP contribution in [0.3, 0.4) is 0 Å². The number of rotatable bonds is 13. The van der Waals surface area contributed by atoms with Crippen LogP contribution in [0.2, 0.25) is 0 Å². The molecule has 4 N–H and O–H groups in total. The average molecular weight is 580 g/mol. The van der Waals surface area contributed by atoms with E-state index in [4.69, 9.17) is 10.5 Å². The van der Waals surface area contributed by atoms with E-state index >= 15 is 0 Å². The third kappa shape index (κ3) is 6.37. The van der Waals surface area contributed by atoms with Crippen molar-refractivity contribution in [3.63, 3.8) is 0 Å². The number of aryl methyl sites for hydroxylation is 1. The number of hydrogen-bond acceptors (Lipinski definition) is 11. The minimum atomic E-state index is -0.524. The van der Waals surface area contributed by atoms with Crippen LogP contribution in [-0.4, -0.2) is 100 Å². The van der Waals surface area contributed by atoms with Crippen molar-refractivity contribution in [2.45, 2.75) is 31.5 Å². The second kappa shape index (κ2) is 11.7. The highest BCUT2D eigenvalue weighted by molar-refractivity contribution is 6.02. The molecule has 15 heteroatoms. The van der Waals surface area contributed by atoms with Crippen LogP contribution in [0.15, 0.2) is 41.1 Å². The monoisotopic (exact) mass is 579 g/mol. The van der Waals surface area contributed by atoms with Gasteiger partial charge in [-0.15, -0.1) is 0 Å². The molecule has 3 aromatic rings. The van der Waals surface area contributed by atoms with Gasteiger partial charge in [-0.05, 0) is 13.5 Å². The maximum Gasteiger partial charge on any atom is 0.275 e. The van der Waals surface area contributed by atoms with Crippen molar-refractivity contribution in [1.29, 1.82) is 0 Å². The second-order valence-electron chi connectivity index (χ2n) is 11.1. The van der Waals surface area contributed by atoms with Crippen molar-refractivity contribution in [2.75, 3.05) is 62.6 Å². The summed E-state index contributed by atoms with van der Waals surface area (Å²) in [4.78, 5) is 41.9. The molecule has 0 aromatic carbocycles. The summed E-state index contributed by atoms with van der Waals surface area (Å²) < 4.78 is 21.6. The molecule has 0 spiro atoms. The highest BCUT2D eigenvalue weighted by Crippen LogP contribution is 2.34. The minimum Gasteiger partial charge on any atom is -0.366 e. The lowest BCUT2D eigenvalue weighted by Gasteiger charge is -2.46. The Kier molecular flexibility index (Phi) is 7.79. The molecule has 6 heterocycles. The predicted molar refractivity (Wildman–Crippen MR) is 151 cm³/mol. The Hall–Kier alpha value is -4.08. The first-order valence-electron chi connectivity index (χ1n) is 14.1. The van der Waals surface area contributed by atoms with Crippen LogP contribution in [0.1, 0.15) is 29.0 Å². The molecule has 222 valence electrons. The number of carbonyl (C=O) groups is 2. The first-order chi connectivity index (χ1) is 20.3. The van der Waals surface area contributed by atoms with Gasteiger partial charge in [0.25, 0.3) is 5.91 Å². The van der Waals surface area contributed by atoms with E-state index in [2.05, 4.69) is 45.6 Å². The van der Waals surface area contributed by atoms with E-state index in [0.717, 1.165) is 32.7 Å². The van der Waals surface area contributed by atoms with Gasteiger partial charge in [0, 0.05) is 76.5 Å². The molecule has 0 bridgehead atoms. The molecule has 3 aliphatic heterocycles. The molecule has 3 aromatic heterocycles. The lowest BCUT2D eigenvalue weighted by atomic mass is 9.97. The van der Waals surface area contributed by atoms with Gasteiger partial charge in [-0.3, -0.25) is 14.5 Å². The summed E-state index contributed by atoms with van der Waals surface area (Å²) >= 11 is 0. The van der Waals surface area contributed by atoms with Crippen LogP contribution in [-0.2, 0) is 9.53 Å². The van der Waals surface area contributed by atoms with Crippen LogP contribution in [0.4, 0.5) is 15.9 Å². The van der Waals surface area contributed by atoms with Crippen molar-refractivity contribution >= 4 is 29.0 Å². The topological polar surface area (TPSA) is 168 Å². The molecule has 2 saturated heterocycles. The molecule has 0 unspecified atom stereocenters. The normalized spacial score (nSPS) is 18.1. The number of amides is 2. The van der Waals surface area contributed by atoms with Crippen molar-refractivity contribution in [1.82, 2.24) is 29.6 Å². The lowest BCUT2D eigenvalue weighted by Crippen LogP contribution is -2.59. The van der Waals surface area contributed by atoms with E-state index < -0.39 is 11.7 Å². The molecular weight excluding hydrogens is 545 g/mol. The molecular formula is C27H34FN11O3. The largest absolute Gasteiger partial charge is 0.366 e. The van der Waals surface area contributed by atoms with Crippen LogP contribution in [0.5, 0.6) is 0 Å². The number of hydrogen-bond donors (Lipinski definition) is 3. The van der Waals surface area contributed by atoms with Crippen LogP contribution >= 0.6 is 0 Å². The van der Waals surface area contributed by atoms with Gasteiger partial charge in [0.05, 0.1) is 29.9 Å². The number of carbonyl (C=O) groups excluding carboxylic acids is 2. The van der Waals surface area contributed by atoms with Crippen molar-refractivity contribution in [3.8, 4) is 0 Å². The molecule has 0 atom stereocenters. The van der Waals surface area contributed by atoms with Gasteiger partial charge < -0.3 is 30.4 Å². The number of pyridine rings is 1. The number of nitrogens with one attached hydrogen (secondary N) is 2. The Morgan fingerprint density at radius 3 is 2.67 bits per heavy atom. The SMILES string of the molecule is Cc1cn2cc(NC(=O)c3cnc(N4CC(CN5CC(OCC(=O)NCCC6(CCN)N=N6)C5)C4)cn3)cc(F)c2n1. The highest BCUT2D eigenvalue weighted by Gasteiger charge is 2.38. The number of nitrogens with zero attached hydrogens (tertiary/aromatic N) is 8. The zero-order valence-electron chi connectivity index (χ0n) is 23.4. The van der Waals surface area contributed by atoms with Gasteiger partial charge in [0.2, 0.25) is 5.91 Å². The number of likely N-dealkylation sites (tertiary alicyclic amines) is 1. The number of aromatic nitrogens is 4. The Balaban J connectivity index is 0.867. The zero-order chi connectivity index (χ0) is 29.3. The third-order valence-corrected chi connectivity index (χ3v) is 7.70. The molecule has 42 heavy (non-hydrogen) atoms. The molecule has 0 radical (unpaired) electrons. The quantitative estimate of drug-likeness (QED) is 0.267. The van der Waals surface area contributed by atoms with E-state index in [0.29, 0.717) is 49.0 Å². The predicted octanol–water partition coefficient (Wildman–Crippen LogP) is 0.978. The van der Waals surface area contributed by atoms with Gasteiger partial charge >= 0.3 is 0 Å². The summed E-state index contributed by atoms with van der Waals surface area (Å²) in [6, 6.07) is 1.23. The molecule has 14 nitrogen and oxygen atoms in total. The first kappa shape index (κ1) is 28.1. The molecule has 2 fully saturated rings. The lowest BCUT2D eigenvalue weighted by molar-refractivity contribution is -0.132. The van der Waals surface area contributed by atoms with Gasteiger partial charge in [0.15, 0.2) is 17.1 Å². The summed E-state index contributed by atoms with van der Waals surface area (Å²) in [6.45, 7) is 7.12. The maximum atomic E-state index is 14.3.